The summed E-state index contributed by atoms with van der Waals surface area (Å²) in [5.41, 5.74) is 2.90. The molecule has 0 saturated carbocycles. The second-order valence-corrected chi connectivity index (χ2v) is 4.90. The van der Waals surface area contributed by atoms with E-state index in [4.69, 9.17) is 0 Å². The van der Waals surface area contributed by atoms with Gasteiger partial charge in [0.05, 0.1) is 0 Å². The molecule has 0 aromatic heterocycles. The number of hydrogen-bond acceptors (Lipinski definition) is 3. The van der Waals surface area contributed by atoms with Crippen molar-refractivity contribution < 1.29 is 9.90 Å². The van der Waals surface area contributed by atoms with Crippen LogP contribution in [0.2, 0.25) is 0 Å². The Morgan fingerprint density at radius 3 is 2.75 bits per heavy atom. The van der Waals surface area contributed by atoms with Crippen LogP contribution in [-0.4, -0.2) is 17.1 Å². The highest BCUT2D eigenvalue weighted by atomic mass is 16.3. The number of benzene rings is 2. The molecule has 2 aromatic carbocycles. The minimum absolute atomic E-state index is 0.0514. The van der Waals surface area contributed by atoms with Gasteiger partial charge in [-0.3, -0.25) is 4.79 Å². The van der Waals surface area contributed by atoms with E-state index >= 15 is 0 Å². The molecule has 1 atom stereocenters. The van der Waals surface area contributed by atoms with E-state index in [9.17, 15) is 9.90 Å². The number of fused-ring (bicyclic) bond motifs is 1. The second kappa shape index (κ2) is 5.25. The summed E-state index contributed by atoms with van der Waals surface area (Å²) in [7, 11) is 0. The number of nitrogens with one attached hydrogen (secondary N) is 2. The van der Waals surface area contributed by atoms with Crippen molar-refractivity contribution in [3.63, 3.8) is 0 Å². The molecule has 4 heteroatoms. The Labute approximate surface area is 117 Å². The smallest absolute Gasteiger partial charge is 0.243 e. The molecule has 0 radical (unpaired) electrons. The fraction of sp³-hybridized carbons (Fsp3) is 0.188. The van der Waals surface area contributed by atoms with Gasteiger partial charge in [0.15, 0.2) is 0 Å². The third-order valence-electron chi connectivity index (χ3n) is 3.53. The van der Waals surface area contributed by atoms with E-state index in [0.717, 1.165) is 16.8 Å². The summed E-state index contributed by atoms with van der Waals surface area (Å²) in [6.07, 6.45) is 0.697. The van der Waals surface area contributed by atoms with Gasteiger partial charge in [0.1, 0.15) is 11.8 Å². The molecule has 0 spiro atoms. The molecule has 0 fully saturated rings. The molecule has 0 aliphatic carbocycles. The van der Waals surface area contributed by atoms with E-state index in [-0.39, 0.29) is 17.7 Å². The lowest BCUT2D eigenvalue weighted by molar-refractivity contribution is -0.121. The molecular weight excluding hydrogens is 252 g/mol. The van der Waals surface area contributed by atoms with Crippen LogP contribution in [0.1, 0.15) is 11.1 Å². The third kappa shape index (κ3) is 2.45. The number of hydrogen-bond donors (Lipinski definition) is 3. The zero-order valence-electron chi connectivity index (χ0n) is 11.0. The van der Waals surface area contributed by atoms with Gasteiger partial charge in [-0.1, -0.05) is 36.4 Å². The monoisotopic (exact) mass is 268 g/mol. The average molecular weight is 268 g/mol. The van der Waals surface area contributed by atoms with Gasteiger partial charge >= 0.3 is 0 Å². The molecule has 1 amide bonds. The predicted molar refractivity (Wildman–Crippen MR) is 77.5 cm³/mol. The van der Waals surface area contributed by atoms with Crippen molar-refractivity contribution in [2.24, 2.45) is 0 Å². The Bertz CT molecular complexity index is 615. The standard InChI is InChI=1S/C16H16N2O2/c19-15-8-4-2-6-12(15)10-17-16(20)14-9-11-5-1-3-7-13(11)18-14/h1-8,14,18-19H,9-10H2,(H,17,20). The van der Waals surface area contributed by atoms with Gasteiger partial charge in [-0.2, -0.15) is 0 Å². The number of amides is 1. The fourth-order valence-electron chi connectivity index (χ4n) is 2.42. The number of carbonyl (C=O) groups is 1. The first-order chi connectivity index (χ1) is 9.74. The number of para-hydroxylation sites is 2. The Balaban J connectivity index is 1.61. The quantitative estimate of drug-likeness (QED) is 0.798. The molecule has 3 rings (SSSR count). The first kappa shape index (κ1) is 12.5. The number of aromatic hydroxyl groups is 1. The molecule has 4 nitrogen and oxygen atoms in total. The normalized spacial score (nSPS) is 16.3. The molecule has 0 saturated heterocycles. The number of anilines is 1. The number of phenols is 1. The first-order valence-electron chi connectivity index (χ1n) is 6.63. The SMILES string of the molecule is O=C(NCc1ccccc1O)C1Cc2ccccc2N1. The fourth-order valence-corrected chi connectivity index (χ4v) is 2.42. The molecule has 1 aliphatic heterocycles. The van der Waals surface area contributed by atoms with E-state index < -0.39 is 0 Å². The van der Waals surface area contributed by atoms with Crippen molar-refractivity contribution in [1.82, 2.24) is 5.32 Å². The third-order valence-corrected chi connectivity index (χ3v) is 3.53. The van der Waals surface area contributed by atoms with Crippen molar-refractivity contribution >= 4 is 11.6 Å². The summed E-state index contributed by atoms with van der Waals surface area (Å²) < 4.78 is 0. The van der Waals surface area contributed by atoms with Crippen molar-refractivity contribution in [3.8, 4) is 5.75 Å². The minimum atomic E-state index is -0.238. The molecule has 3 N–H and O–H groups in total. The van der Waals surface area contributed by atoms with Gasteiger partial charge < -0.3 is 15.7 Å². The van der Waals surface area contributed by atoms with Gasteiger partial charge in [-0.25, -0.2) is 0 Å². The zero-order valence-corrected chi connectivity index (χ0v) is 11.0. The zero-order chi connectivity index (χ0) is 13.9. The van der Waals surface area contributed by atoms with Crippen LogP contribution in [0.15, 0.2) is 48.5 Å². The van der Waals surface area contributed by atoms with Gasteiger partial charge in [0.2, 0.25) is 5.91 Å². The summed E-state index contributed by atoms with van der Waals surface area (Å²) in [6, 6.07) is 14.7. The largest absolute Gasteiger partial charge is 0.508 e. The molecule has 1 unspecified atom stereocenters. The Hall–Kier alpha value is -2.49. The van der Waals surface area contributed by atoms with E-state index in [2.05, 4.69) is 10.6 Å². The summed E-state index contributed by atoms with van der Waals surface area (Å²) in [4.78, 5) is 12.1. The van der Waals surface area contributed by atoms with Crippen molar-refractivity contribution in [2.45, 2.75) is 19.0 Å². The van der Waals surface area contributed by atoms with Gasteiger partial charge in [0.25, 0.3) is 0 Å². The van der Waals surface area contributed by atoms with E-state index in [1.165, 1.54) is 0 Å². The van der Waals surface area contributed by atoms with Crippen LogP contribution in [0.4, 0.5) is 5.69 Å². The maximum Gasteiger partial charge on any atom is 0.243 e. The molecule has 20 heavy (non-hydrogen) atoms. The molecule has 1 aliphatic rings. The maximum atomic E-state index is 12.1. The maximum absolute atomic E-state index is 12.1. The lowest BCUT2D eigenvalue weighted by atomic mass is 10.1. The van der Waals surface area contributed by atoms with E-state index in [1.54, 1.807) is 18.2 Å². The number of rotatable bonds is 3. The van der Waals surface area contributed by atoms with Crippen LogP contribution in [0.5, 0.6) is 5.75 Å². The summed E-state index contributed by atoms with van der Waals surface area (Å²) in [5, 5.41) is 15.7. The average Bonchev–Trinajstić information content (AvgIpc) is 2.90. The van der Waals surface area contributed by atoms with Gasteiger partial charge in [-0.05, 0) is 17.7 Å². The first-order valence-corrected chi connectivity index (χ1v) is 6.63. The van der Waals surface area contributed by atoms with Crippen LogP contribution >= 0.6 is 0 Å². The van der Waals surface area contributed by atoms with Crippen molar-refractivity contribution in [2.75, 3.05) is 5.32 Å². The summed E-state index contributed by atoms with van der Waals surface area (Å²) >= 11 is 0. The number of carbonyl (C=O) groups excluding carboxylic acids is 1. The molecule has 2 aromatic rings. The minimum Gasteiger partial charge on any atom is -0.508 e. The van der Waals surface area contributed by atoms with Crippen LogP contribution in [-0.2, 0) is 17.8 Å². The Morgan fingerprint density at radius 1 is 1.20 bits per heavy atom. The van der Waals surface area contributed by atoms with Gasteiger partial charge in [0, 0.05) is 24.2 Å². The van der Waals surface area contributed by atoms with Crippen molar-refractivity contribution in [1.29, 1.82) is 0 Å². The summed E-state index contributed by atoms with van der Waals surface area (Å²) in [6.45, 7) is 0.333. The van der Waals surface area contributed by atoms with E-state index in [0.29, 0.717) is 13.0 Å². The van der Waals surface area contributed by atoms with Crippen LogP contribution < -0.4 is 10.6 Å². The van der Waals surface area contributed by atoms with E-state index in [1.807, 2.05) is 30.3 Å². The van der Waals surface area contributed by atoms with Crippen LogP contribution in [0, 0.1) is 0 Å². The molecular formula is C16H16N2O2. The topological polar surface area (TPSA) is 61.4 Å². The van der Waals surface area contributed by atoms with Crippen LogP contribution in [0.25, 0.3) is 0 Å². The Kier molecular flexibility index (Phi) is 3.29. The second-order valence-electron chi connectivity index (χ2n) is 4.90. The van der Waals surface area contributed by atoms with Crippen LogP contribution in [0.3, 0.4) is 0 Å². The highest BCUT2D eigenvalue weighted by molar-refractivity contribution is 5.87. The lowest BCUT2D eigenvalue weighted by Crippen LogP contribution is -2.38. The number of phenolic OH excluding ortho intramolecular Hbond substituents is 1. The Morgan fingerprint density at radius 2 is 1.95 bits per heavy atom. The molecule has 1 heterocycles. The highest BCUT2D eigenvalue weighted by Crippen LogP contribution is 2.25. The summed E-state index contributed by atoms with van der Waals surface area (Å²) in [5.74, 6) is 0.153. The van der Waals surface area contributed by atoms with Gasteiger partial charge in [-0.15, -0.1) is 0 Å². The molecule has 0 bridgehead atoms. The lowest BCUT2D eigenvalue weighted by Gasteiger charge is -2.12. The van der Waals surface area contributed by atoms with Crippen molar-refractivity contribution in [3.05, 3.63) is 59.7 Å². The highest BCUT2D eigenvalue weighted by Gasteiger charge is 2.25. The predicted octanol–water partition coefficient (Wildman–Crippen LogP) is 2.05. The molecule has 102 valence electrons.